The molecule has 0 fully saturated rings. The minimum atomic E-state index is -4.13. The molecule has 0 saturated heterocycles. The Morgan fingerprint density at radius 3 is 2.15 bits per heavy atom. The van der Waals surface area contributed by atoms with Gasteiger partial charge in [-0.25, -0.2) is 0 Å². The van der Waals surface area contributed by atoms with E-state index in [0.717, 1.165) is 0 Å². The van der Waals surface area contributed by atoms with Crippen LogP contribution in [-0.2, 0) is 10.1 Å². The highest BCUT2D eigenvalue weighted by Gasteiger charge is 2.13. The molecule has 0 bridgehead atoms. The summed E-state index contributed by atoms with van der Waals surface area (Å²) in [5.74, 6) is 0. The molecule has 0 saturated carbocycles. The van der Waals surface area contributed by atoms with Crippen molar-refractivity contribution in [3.05, 3.63) is 27.1 Å². The highest BCUT2D eigenvalue weighted by atomic mass is 79.9. The molecule has 0 unspecified atom stereocenters. The molecule has 0 heterocycles. The van der Waals surface area contributed by atoms with E-state index in [4.69, 9.17) is 4.55 Å². The Kier molecular flexibility index (Phi) is 4.88. The Hall–Kier alpha value is 0.380. The number of benzene rings is 1. The molecule has 0 amide bonds. The van der Waals surface area contributed by atoms with Gasteiger partial charge >= 0.3 is 0 Å². The van der Waals surface area contributed by atoms with Crippen LogP contribution >= 0.6 is 44.3 Å². The van der Waals surface area contributed by atoms with Gasteiger partial charge in [0.25, 0.3) is 10.1 Å². The van der Waals surface area contributed by atoms with Gasteiger partial charge in [-0.3, -0.25) is 4.55 Å². The SMILES string of the molecule is Cl.O=S(=O)(O)c1cc(Br)ccc1Br. The molecule has 3 nitrogen and oxygen atoms in total. The fourth-order valence-electron chi connectivity index (χ4n) is 0.675. The molecule has 0 aromatic heterocycles. The third kappa shape index (κ3) is 3.55. The van der Waals surface area contributed by atoms with E-state index in [1.165, 1.54) is 12.1 Å². The largest absolute Gasteiger partial charge is 0.295 e. The van der Waals surface area contributed by atoms with Crippen LogP contribution in [0.3, 0.4) is 0 Å². The normalized spacial score (nSPS) is 10.7. The molecular formula is C6H5Br2ClO3S. The van der Waals surface area contributed by atoms with Crippen molar-refractivity contribution in [1.82, 2.24) is 0 Å². The van der Waals surface area contributed by atoms with Crippen molar-refractivity contribution in [3.8, 4) is 0 Å². The fourth-order valence-corrected chi connectivity index (χ4v) is 2.64. The maximum atomic E-state index is 10.7. The summed E-state index contributed by atoms with van der Waals surface area (Å²) in [4.78, 5) is -0.142. The van der Waals surface area contributed by atoms with Crippen LogP contribution in [0.4, 0.5) is 0 Å². The second kappa shape index (κ2) is 4.75. The van der Waals surface area contributed by atoms with E-state index in [1.54, 1.807) is 6.07 Å². The van der Waals surface area contributed by atoms with Gasteiger partial charge in [0.1, 0.15) is 4.90 Å². The lowest BCUT2D eigenvalue weighted by Gasteiger charge is -2.00. The molecule has 0 atom stereocenters. The highest BCUT2D eigenvalue weighted by Crippen LogP contribution is 2.25. The summed E-state index contributed by atoms with van der Waals surface area (Å²) >= 11 is 6.10. The Morgan fingerprint density at radius 1 is 1.23 bits per heavy atom. The quantitative estimate of drug-likeness (QED) is 0.791. The van der Waals surface area contributed by atoms with Gasteiger partial charge in [-0.15, -0.1) is 12.4 Å². The predicted molar refractivity (Wildman–Crippen MR) is 58.9 cm³/mol. The van der Waals surface area contributed by atoms with Crippen molar-refractivity contribution in [3.63, 3.8) is 0 Å². The van der Waals surface area contributed by atoms with Crippen molar-refractivity contribution in [2.45, 2.75) is 4.90 Å². The predicted octanol–water partition coefficient (Wildman–Crippen LogP) is 2.88. The first-order chi connectivity index (χ1) is 5.41. The summed E-state index contributed by atoms with van der Waals surface area (Å²) in [5, 5.41) is 0. The first-order valence-corrected chi connectivity index (χ1v) is 5.86. The topological polar surface area (TPSA) is 54.4 Å². The van der Waals surface area contributed by atoms with Crippen LogP contribution < -0.4 is 0 Å². The number of rotatable bonds is 1. The Morgan fingerprint density at radius 2 is 1.77 bits per heavy atom. The van der Waals surface area contributed by atoms with E-state index in [1.807, 2.05) is 0 Å². The molecule has 7 heteroatoms. The molecule has 1 N–H and O–H groups in total. The summed E-state index contributed by atoms with van der Waals surface area (Å²) in [7, 11) is -4.13. The van der Waals surface area contributed by atoms with Crippen LogP contribution in [0.2, 0.25) is 0 Å². The van der Waals surface area contributed by atoms with Crippen LogP contribution in [0.1, 0.15) is 0 Å². The molecule has 74 valence electrons. The Labute approximate surface area is 98.9 Å². The van der Waals surface area contributed by atoms with Crippen LogP contribution in [0.5, 0.6) is 0 Å². The maximum absolute atomic E-state index is 10.7. The zero-order valence-electron chi connectivity index (χ0n) is 6.07. The molecular weight excluding hydrogens is 347 g/mol. The summed E-state index contributed by atoms with van der Waals surface area (Å²) in [6.07, 6.45) is 0. The summed E-state index contributed by atoms with van der Waals surface area (Å²) in [6.45, 7) is 0. The molecule has 1 rings (SSSR count). The fraction of sp³-hybridized carbons (Fsp3) is 0. The molecule has 0 aliphatic heterocycles. The minimum absolute atomic E-state index is 0. The first kappa shape index (κ1) is 13.4. The van der Waals surface area contributed by atoms with E-state index >= 15 is 0 Å². The third-order valence-corrected chi connectivity index (χ3v) is 3.51. The third-order valence-electron chi connectivity index (χ3n) is 1.17. The number of hydrogen-bond acceptors (Lipinski definition) is 2. The Balaban J connectivity index is 0.00000144. The minimum Gasteiger partial charge on any atom is -0.282 e. The average molecular weight is 352 g/mol. The van der Waals surface area contributed by atoms with E-state index < -0.39 is 10.1 Å². The molecule has 1 aromatic carbocycles. The van der Waals surface area contributed by atoms with Gasteiger partial charge in [0.2, 0.25) is 0 Å². The van der Waals surface area contributed by atoms with Crippen molar-refractivity contribution in [1.29, 1.82) is 0 Å². The number of hydrogen-bond donors (Lipinski definition) is 1. The van der Waals surface area contributed by atoms with E-state index in [-0.39, 0.29) is 17.3 Å². The lowest BCUT2D eigenvalue weighted by molar-refractivity contribution is 0.482. The standard InChI is InChI=1S/C6H4Br2O3S.ClH/c7-4-1-2-5(8)6(3-4)12(9,10)11;/h1-3H,(H,9,10,11);1H. The zero-order chi connectivity index (χ0) is 9.35. The van der Waals surface area contributed by atoms with Crippen LogP contribution in [-0.4, -0.2) is 13.0 Å². The van der Waals surface area contributed by atoms with Crippen molar-refractivity contribution >= 4 is 54.4 Å². The number of halogens is 3. The molecule has 0 spiro atoms. The average Bonchev–Trinajstić information content (AvgIpc) is 1.92. The Bertz CT molecular complexity index is 404. The van der Waals surface area contributed by atoms with Crippen molar-refractivity contribution in [2.75, 3.05) is 0 Å². The maximum Gasteiger partial charge on any atom is 0.295 e. The van der Waals surface area contributed by atoms with E-state index in [9.17, 15) is 8.42 Å². The first-order valence-electron chi connectivity index (χ1n) is 2.84. The van der Waals surface area contributed by atoms with Crippen molar-refractivity contribution < 1.29 is 13.0 Å². The summed E-state index contributed by atoms with van der Waals surface area (Å²) in [6, 6.07) is 4.52. The molecule has 13 heavy (non-hydrogen) atoms. The second-order valence-corrected chi connectivity index (χ2v) is 5.21. The highest BCUT2D eigenvalue weighted by molar-refractivity contribution is 9.11. The molecule has 0 aliphatic rings. The molecule has 0 aliphatic carbocycles. The van der Waals surface area contributed by atoms with Gasteiger partial charge in [-0.2, -0.15) is 8.42 Å². The summed E-state index contributed by atoms with van der Waals surface area (Å²) in [5.41, 5.74) is 0. The summed E-state index contributed by atoms with van der Waals surface area (Å²) < 4.78 is 31.1. The second-order valence-electron chi connectivity index (χ2n) is 2.05. The van der Waals surface area contributed by atoms with Gasteiger partial charge in [0, 0.05) is 8.95 Å². The van der Waals surface area contributed by atoms with Crippen LogP contribution in [0.15, 0.2) is 32.0 Å². The van der Waals surface area contributed by atoms with Gasteiger partial charge < -0.3 is 0 Å². The van der Waals surface area contributed by atoms with Gasteiger partial charge in [0.05, 0.1) is 0 Å². The zero-order valence-corrected chi connectivity index (χ0v) is 10.9. The van der Waals surface area contributed by atoms with E-state index in [0.29, 0.717) is 8.95 Å². The van der Waals surface area contributed by atoms with Gasteiger partial charge in [-0.1, -0.05) is 15.9 Å². The van der Waals surface area contributed by atoms with Gasteiger partial charge in [0.15, 0.2) is 0 Å². The molecule has 0 radical (unpaired) electrons. The smallest absolute Gasteiger partial charge is 0.282 e. The lowest BCUT2D eigenvalue weighted by atomic mass is 10.4. The van der Waals surface area contributed by atoms with Crippen molar-refractivity contribution in [2.24, 2.45) is 0 Å². The van der Waals surface area contributed by atoms with Crippen LogP contribution in [0, 0.1) is 0 Å². The molecule has 1 aromatic rings. The van der Waals surface area contributed by atoms with Gasteiger partial charge in [-0.05, 0) is 34.1 Å². The lowest BCUT2D eigenvalue weighted by Crippen LogP contribution is -1.98. The monoisotopic (exact) mass is 350 g/mol. The van der Waals surface area contributed by atoms with Crippen LogP contribution in [0.25, 0.3) is 0 Å². The van der Waals surface area contributed by atoms with E-state index in [2.05, 4.69) is 31.9 Å².